The van der Waals surface area contributed by atoms with Gasteiger partial charge < -0.3 is 10.1 Å². The highest BCUT2D eigenvalue weighted by Gasteiger charge is 2.22. The lowest BCUT2D eigenvalue weighted by Gasteiger charge is -2.22. The monoisotopic (exact) mass is 284 g/mol. The summed E-state index contributed by atoms with van der Waals surface area (Å²) in [6.07, 6.45) is 2.58. The van der Waals surface area contributed by atoms with Crippen LogP contribution in [-0.2, 0) is 14.3 Å². The molecule has 5 heteroatoms. The van der Waals surface area contributed by atoms with Gasteiger partial charge in [-0.3, -0.25) is 14.5 Å². The van der Waals surface area contributed by atoms with E-state index in [0.29, 0.717) is 13.2 Å². The van der Waals surface area contributed by atoms with Crippen molar-refractivity contribution in [1.29, 1.82) is 0 Å². The number of Topliss-reactive ketones (excluding diaryl/α,β-unsaturated/α-hetero) is 1. The summed E-state index contributed by atoms with van der Waals surface area (Å²) >= 11 is 0. The van der Waals surface area contributed by atoms with Gasteiger partial charge in [0.15, 0.2) is 5.78 Å². The van der Waals surface area contributed by atoms with Gasteiger partial charge in [0.25, 0.3) is 0 Å². The Labute approximate surface area is 122 Å². The van der Waals surface area contributed by atoms with Crippen molar-refractivity contribution in [1.82, 2.24) is 10.2 Å². The van der Waals surface area contributed by atoms with Gasteiger partial charge >= 0.3 is 0 Å². The molecule has 1 aliphatic rings. The number of likely N-dealkylation sites (N-methyl/N-ethyl adjacent to an activating group) is 1. The van der Waals surface area contributed by atoms with Crippen LogP contribution in [0.4, 0.5) is 0 Å². The Kier molecular flexibility index (Phi) is 7.16. The van der Waals surface area contributed by atoms with Crippen molar-refractivity contribution in [3.63, 3.8) is 0 Å². The number of hydrogen-bond acceptors (Lipinski definition) is 4. The molecule has 1 rings (SSSR count). The third kappa shape index (κ3) is 7.01. The van der Waals surface area contributed by atoms with E-state index >= 15 is 0 Å². The van der Waals surface area contributed by atoms with Gasteiger partial charge in [-0.05, 0) is 38.6 Å². The SMILES string of the molecule is CC(=O)C(NC(=O)CN(C)CCOCC1CC1)C(C)C. The van der Waals surface area contributed by atoms with Gasteiger partial charge in [0, 0.05) is 13.2 Å². The van der Waals surface area contributed by atoms with Crippen molar-refractivity contribution in [3.8, 4) is 0 Å². The zero-order chi connectivity index (χ0) is 15.1. The van der Waals surface area contributed by atoms with Crippen LogP contribution >= 0.6 is 0 Å². The fourth-order valence-electron chi connectivity index (χ4n) is 2.04. The largest absolute Gasteiger partial charge is 0.380 e. The molecule has 0 bridgehead atoms. The lowest BCUT2D eigenvalue weighted by Crippen LogP contribution is -2.47. The molecule has 1 N–H and O–H groups in total. The molecule has 1 aliphatic carbocycles. The van der Waals surface area contributed by atoms with Gasteiger partial charge in [0.05, 0.1) is 19.2 Å². The van der Waals surface area contributed by atoms with Crippen LogP contribution in [0.1, 0.15) is 33.6 Å². The van der Waals surface area contributed by atoms with Crippen LogP contribution in [0.15, 0.2) is 0 Å². The quantitative estimate of drug-likeness (QED) is 0.610. The van der Waals surface area contributed by atoms with Gasteiger partial charge in [-0.15, -0.1) is 0 Å². The second-order valence-electron chi connectivity index (χ2n) is 6.16. The summed E-state index contributed by atoms with van der Waals surface area (Å²) in [5.41, 5.74) is 0. The summed E-state index contributed by atoms with van der Waals surface area (Å²) in [5.74, 6) is 0.780. The molecule has 0 saturated heterocycles. The minimum atomic E-state index is -0.387. The van der Waals surface area contributed by atoms with Crippen molar-refractivity contribution in [2.45, 2.75) is 39.7 Å². The average molecular weight is 284 g/mol. The van der Waals surface area contributed by atoms with Crippen LogP contribution in [0, 0.1) is 11.8 Å². The molecule has 20 heavy (non-hydrogen) atoms. The van der Waals surface area contributed by atoms with Crippen molar-refractivity contribution in [2.24, 2.45) is 11.8 Å². The van der Waals surface area contributed by atoms with Gasteiger partial charge in [0.1, 0.15) is 0 Å². The maximum absolute atomic E-state index is 11.9. The molecule has 0 aromatic rings. The van der Waals surface area contributed by atoms with Crippen LogP contribution in [0.3, 0.4) is 0 Å². The molecule has 0 aromatic carbocycles. The molecule has 5 nitrogen and oxygen atoms in total. The van der Waals surface area contributed by atoms with Gasteiger partial charge in [-0.1, -0.05) is 13.8 Å². The van der Waals surface area contributed by atoms with Gasteiger partial charge in [-0.25, -0.2) is 0 Å². The molecule has 0 radical (unpaired) electrons. The summed E-state index contributed by atoms with van der Waals surface area (Å²) in [4.78, 5) is 25.2. The van der Waals surface area contributed by atoms with Crippen molar-refractivity contribution < 1.29 is 14.3 Å². The minimum Gasteiger partial charge on any atom is -0.380 e. The average Bonchev–Trinajstić information content (AvgIpc) is 3.15. The number of nitrogens with one attached hydrogen (secondary N) is 1. The Morgan fingerprint density at radius 3 is 2.50 bits per heavy atom. The molecule has 0 spiro atoms. The first-order valence-electron chi connectivity index (χ1n) is 7.46. The highest BCUT2D eigenvalue weighted by atomic mass is 16.5. The maximum Gasteiger partial charge on any atom is 0.234 e. The summed E-state index contributed by atoms with van der Waals surface area (Å²) in [6, 6.07) is -0.387. The molecule has 1 fully saturated rings. The second-order valence-corrected chi connectivity index (χ2v) is 6.16. The third-order valence-corrected chi connectivity index (χ3v) is 3.50. The summed E-state index contributed by atoms with van der Waals surface area (Å²) < 4.78 is 5.54. The Morgan fingerprint density at radius 2 is 2.00 bits per heavy atom. The second kappa shape index (κ2) is 8.37. The Bertz CT molecular complexity index is 327. The third-order valence-electron chi connectivity index (χ3n) is 3.50. The molecule has 1 atom stereocenters. The lowest BCUT2D eigenvalue weighted by molar-refractivity contribution is -0.128. The summed E-state index contributed by atoms with van der Waals surface area (Å²) in [5, 5.41) is 2.79. The minimum absolute atomic E-state index is 0.00349. The first kappa shape index (κ1) is 17.1. The molecule has 1 amide bonds. The molecule has 0 aromatic heterocycles. The standard InChI is InChI=1S/C15H28N2O3/c1-11(2)15(12(3)18)16-14(19)9-17(4)7-8-20-10-13-5-6-13/h11,13,15H,5-10H2,1-4H3,(H,16,19). The lowest BCUT2D eigenvalue weighted by atomic mass is 10.0. The molecular weight excluding hydrogens is 256 g/mol. The van der Waals surface area contributed by atoms with E-state index in [0.717, 1.165) is 19.1 Å². The zero-order valence-electron chi connectivity index (χ0n) is 13.1. The predicted octanol–water partition coefficient (Wildman–Crippen LogP) is 1.07. The maximum atomic E-state index is 11.9. The van der Waals surface area contributed by atoms with E-state index in [1.807, 2.05) is 25.8 Å². The zero-order valence-corrected chi connectivity index (χ0v) is 13.1. The molecular formula is C15H28N2O3. The van der Waals surface area contributed by atoms with Crippen LogP contribution in [0.25, 0.3) is 0 Å². The number of amides is 1. The number of nitrogens with zero attached hydrogens (tertiary/aromatic N) is 1. The van der Waals surface area contributed by atoms with E-state index in [2.05, 4.69) is 5.32 Å². The first-order chi connectivity index (χ1) is 9.40. The topological polar surface area (TPSA) is 58.6 Å². The number of carbonyl (C=O) groups excluding carboxylic acids is 2. The predicted molar refractivity (Wildman–Crippen MR) is 78.5 cm³/mol. The number of ketones is 1. The first-order valence-corrected chi connectivity index (χ1v) is 7.46. The Hall–Kier alpha value is -0.940. The van der Waals surface area contributed by atoms with Gasteiger partial charge in [-0.2, -0.15) is 0 Å². The molecule has 1 saturated carbocycles. The van der Waals surface area contributed by atoms with Crippen LogP contribution in [-0.4, -0.2) is 56.0 Å². The van der Waals surface area contributed by atoms with E-state index in [4.69, 9.17) is 4.74 Å². The Balaban J connectivity index is 2.16. The fourth-order valence-corrected chi connectivity index (χ4v) is 2.04. The highest BCUT2D eigenvalue weighted by molar-refractivity contribution is 5.88. The summed E-state index contributed by atoms with van der Waals surface area (Å²) in [6.45, 7) is 7.90. The molecule has 1 unspecified atom stereocenters. The van der Waals surface area contributed by atoms with E-state index in [1.165, 1.54) is 19.8 Å². The number of carbonyl (C=O) groups is 2. The highest BCUT2D eigenvalue weighted by Crippen LogP contribution is 2.28. The van der Waals surface area contributed by atoms with Crippen molar-refractivity contribution in [3.05, 3.63) is 0 Å². The Morgan fingerprint density at radius 1 is 1.35 bits per heavy atom. The smallest absolute Gasteiger partial charge is 0.234 e. The van der Waals surface area contributed by atoms with E-state index < -0.39 is 0 Å². The van der Waals surface area contributed by atoms with E-state index in [1.54, 1.807) is 0 Å². The normalized spacial score (nSPS) is 16.5. The van der Waals surface area contributed by atoms with Crippen LogP contribution in [0.5, 0.6) is 0 Å². The number of ether oxygens (including phenoxy) is 1. The fraction of sp³-hybridized carbons (Fsp3) is 0.867. The van der Waals surface area contributed by atoms with Crippen molar-refractivity contribution in [2.75, 3.05) is 33.4 Å². The van der Waals surface area contributed by atoms with Crippen molar-refractivity contribution >= 4 is 11.7 Å². The number of rotatable bonds is 10. The number of hydrogen-bond donors (Lipinski definition) is 1. The molecule has 0 heterocycles. The van der Waals surface area contributed by atoms with Crippen LogP contribution in [0.2, 0.25) is 0 Å². The van der Waals surface area contributed by atoms with E-state index in [9.17, 15) is 9.59 Å². The molecule has 116 valence electrons. The summed E-state index contributed by atoms with van der Waals surface area (Å²) in [7, 11) is 1.89. The van der Waals surface area contributed by atoms with Gasteiger partial charge in [0.2, 0.25) is 5.91 Å². The van der Waals surface area contributed by atoms with E-state index in [-0.39, 0.29) is 23.7 Å². The molecule has 0 aliphatic heterocycles. The van der Waals surface area contributed by atoms with Crippen LogP contribution < -0.4 is 5.32 Å².